The number of benzene rings is 2. The molecule has 0 radical (unpaired) electrons. The van der Waals surface area contributed by atoms with Crippen molar-refractivity contribution in [3.8, 4) is 0 Å². The quantitative estimate of drug-likeness (QED) is 0.562. The molecular formula is C31H30N2O7. The van der Waals surface area contributed by atoms with E-state index in [1.807, 2.05) is 13.8 Å². The van der Waals surface area contributed by atoms with E-state index in [0.29, 0.717) is 11.3 Å². The van der Waals surface area contributed by atoms with Gasteiger partial charge in [-0.1, -0.05) is 62.4 Å². The van der Waals surface area contributed by atoms with Gasteiger partial charge in [0.05, 0.1) is 30.6 Å². The molecule has 0 aromatic heterocycles. The first kappa shape index (κ1) is 26.9. The number of methoxy groups -OCH3 is 1. The average molecular weight is 543 g/mol. The lowest BCUT2D eigenvalue weighted by molar-refractivity contribution is -0.143. The second-order valence-electron chi connectivity index (χ2n) is 10.6. The number of esters is 2. The van der Waals surface area contributed by atoms with Crippen LogP contribution in [0.15, 0.2) is 89.0 Å². The lowest BCUT2D eigenvalue weighted by Crippen LogP contribution is -2.51. The number of nitrogens with two attached hydrogens (primary N) is 1. The first-order valence-electron chi connectivity index (χ1n) is 13.0. The number of Topliss-reactive ketones (excluding diaryl/α,β-unsaturated/α-hetero) is 1. The van der Waals surface area contributed by atoms with Gasteiger partial charge < -0.3 is 19.9 Å². The van der Waals surface area contributed by atoms with Crippen LogP contribution in [-0.2, 0) is 33.4 Å². The first-order valence-corrected chi connectivity index (χ1v) is 13.0. The summed E-state index contributed by atoms with van der Waals surface area (Å²) in [4.78, 5) is 58.0. The number of ether oxygens (including phenoxy) is 3. The van der Waals surface area contributed by atoms with E-state index in [2.05, 4.69) is 0 Å². The monoisotopic (exact) mass is 542 g/mol. The molecule has 9 heteroatoms. The van der Waals surface area contributed by atoms with Crippen molar-refractivity contribution in [3.63, 3.8) is 0 Å². The molecule has 1 atom stereocenters. The van der Waals surface area contributed by atoms with Crippen LogP contribution in [-0.4, -0.2) is 37.3 Å². The first-order chi connectivity index (χ1) is 19.1. The summed E-state index contributed by atoms with van der Waals surface area (Å²) in [5.41, 5.74) is 3.99. The van der Waals surface area contributed by atoms with Crippen molar-refractivity contribution in [2.24, 2.45) is 16.6 Å². The van der Waals surface area contributed by atoms with Gasteiger partial charge in [-0.3, -0.25) is 14.5 Å². The minimum Gasteiger partial charge on any atom is -0.465 e. The van der Waals surface area contributed by atoms with Gasteiger partial charge >= 0.3 is 11.9 Å². The number of allylic oxidation sites excluding steroid dienone is 1. The number of anilines is 1. The predicted octanol–water partition coefficient (Wildman–Crippen LogP) is 4.01. The predicted molar refractivity (Wildman–Crippen MR) is 146 cm³/mol. The standard InChI is InChI=1S/C31H30N2O7/c1-5-39-28(36)23-25(18-12-8-6-9-13-18)33(19-14-10-7-11-15-19)29(37)31(23)22-20(34)16-30(2,3)17-21(22)40-26(32)24(31)27(35)38-4/h6-15H,5,16-17,32H2,1-4H3. The number of amides is 1. The van der Waals surface area contributed by atoms with Gasteiger partial charge in [-0.15, -0.1) is 0 Å². The van der Waals surface area contributed by atoms with E-state index in [4.69, 9.17) is 19.9 Å². The lowest BCUT2D eigenvalue weighted by Gasteiger charge is -2.42. The van der Waals surface area contributed by atoms with Crippen LogP contribution in [0.3, 0.4) is 0 Å². The third-order valence-corrected chi connectivity index (χ3v) is 7.36. The van der Waals surface area contributed by atoms with Gasteiger partial charge in [0.1, 0.15) is 11.3 Å². The number of rotatable bonds is 5. The van der Waals surface area contributed by atoms with E-state index >= 15 is 4.79 Å². The fraction of sp³-hybridized carbons (Fsp3) is 0.290. The molecule has 5 rings (SSSR count). The molecule has 0 bridgehead atoms. The minimum atomic E-state index is -2.26. The summed E-state index contributed by atoms with van der Waals surface area (Å²) in [6, 6.07) is 17.5. The highest BCUT2D eigenvalue weighted by molar-refractivity contribution is 6.31. The van der Waals surface area contributed by atoms with E-state index in [9.17, 15) is 14.4 Å². The van der Waals surface area contributed by atoms with E-state index in [1.54, 1.807) is 67.6 Å². The Hall–Kier alpha value is -4.66. The number of para-hydroxylation sites is 1. The number of carbonyl (C=O) groups is 4. The summed E-state index contributed by atoms with van der Waals surface area (Å²) in [7, 11) is 1.13. The zero-order chi connectivity index (χ0) is 28.8. The van der Waals surface area contributed by atoms with Gasteiger partial charge in [-0.25, -0.2) is 9.59 Å². The fourth-order valence-electron chi connectivity index (χ4n) is 5.89. The van der Waals surface area contributed by atoms with Gasteiger partial charge in [0.25, 0.3) is 5.91 Å². The molecule has 2 heterocycles. The molecule has 2 aromatic carbocycles. The topological polar surface area (TPSA) is 125 Å². The molecular weight excluding hydrogens is 512 g/mol. The maximum absolute atomic E-state index is 15.1. The normalized spacial score (nSPS) is 21.9. The molecule has 206 valence electrons. The molecule has 1 amide bonds. The molecule has 2 N–H and O–H groups in total. The number of hydrogen-bond donors (Lipinski definition) is 1. The molecule has 0 saturated heterocycles. The summed E-state index contributed by atoms with van der Waals surface area (Å²) in [6.07, 6.45) is 0.307. The summed E-state index contributed by atoms with van der Waals surface area (Å²) in [5, 5.41) is 0. The Kier molecular flexibility index (Phi) is 6.61. The summed E-state index contributed by atoms with van der Waals surface area (Å²) in [5.74, 6) is -3.30. The molecule has 2 aliphatic heterocycles. The Bertz CT molecular complexity index is 1520. The second kappa shape index (κ2) is 9.82. The van der Waals surface area contributed by atoms with Crippen LogP contribution in [0.5, 0.6) is 0 Å². The van der Waals surface area contributed by atoms with Crippen LogP contribution < -0.4 is 10.6 Å². The van der Waals surface area contributed by atoms with Crippen LogP contribution in [0.2, 0.25) is 0 Å². The van der Waals surface area contributed by atoms with Crippen molar-refractivity contribution in [2.75, 3.05) is 18.6 Å². The van der Waals surface area contributed by atoms with E-state index in [0.717, 1.165) is 7.11 Å². The minimum absolute atomic E-state index is 0.0177. The maximum atomic E-state index is 15.1. The molecule has 1 unspecified atom stereocenters. The number of hydrogen-bond acceptors (Lipinski definition) is 8. The van der Waals surface area contributed by atoms with Crippen molar-refractivity contribution < 1.29 is 33.4 Å². The van der Waals surface area contributed by atoms with Crippen LogP contribution in [0.1, 0.15) is 39.2 Å². The van der Waals surface area contributed by atoms with Crippen molar-refractivity contribution in [2.45, 2.75) is 33.6 Å². The summed E-state index contributed by atoms with van der Waals surface area (Å²) in [6.45, 7) is 5.40. The van der Waals surface area contributed by atoms with E-state index in [1.165, 1.54) is 4.90 Å². The van der Waals surface area contributed by atoms with Gasteiger partial charge in [0, 0.05) is 18.5 Å². The highest BCUT2D eigenvalue weighted by atomic mass is 16.5. The Morgan fingerprint density at radius 2 is 1.57 bits per heavy atom. The van der Waals surface area contributed by atoms with Gasteiger partial charge in [-0.05, 0) is 30.0 Å². The maximum Gasteiger partial charge on any atom is 0.340 e. The van der Waals surface area contributed by atoms with Gasteiger partial charge in [-0.2, -0.15) is 0 Å². The third-order valence-electron chi connectivity index (χ3n) is 7.36. The zero-order valence-corrected chi connectivity index (χ0v) is 22.8. The van der Waals surface area contributed by atoms with Crippen LogP contribution in [0.4, 0.5) is 5.69 Å². The van der Waals surface area contributed by atoms with Crippen molar-refractivity contribution in [1.29, 1.82) is 0 Å². The molecule has 1 spiro atoms. The Morgan fingerprint density at radius 3 is 2.17 bits per heavy atom. The summed E-state index contributed by atoms with van der Waals surface area (Å²) >= 11 is 0. The third kappa shape index (κ3) is 3.92. The van der Waals surface area contributed by atoms with Crippen molar-refractivity contribution in [3.05, 3.63) is 94.6 Å². The van der Waals surface area contributed by atoms with Crippen molar-refractivity contribution >= 4 is 35.0 Å². The molecule has 0 saturated carbocycles. The second-order valence-corrected chi connectivity index (χ2v) is 10.6. The molecule has 9 nitrogen and oxygen atoms in total. The number of fused-ring (bicyclic) bond motifs is 1. The molecule has 2 aromatic rings. The van der Waals surface area contributed by atoms with E-state index in [-0.39, 0.29) is 42.1 Å². The van der Waals surface area contributed by atoms with Crippen molar-refractivity contribution in [1.82, 2.24) is 0 Å². The Balaban J connectivity index is 1.99. The number of nitrogens with zero attached hydrogens (tertiary/aromatic N) is 1. The van der Waals surface area contributed by atoms with Crippen LogP contribution in [0.25, 0.3) is 5.70 Å². The number of carbonyl (C=O) groups excluding carboxylic acids is 4. The van der Waals surface area contributed by atoms with Gasteiger partial charge in [0.15, 0.2) is 11.2 Å². The zero-order valence-electron chi connectivity index (χ0n) is 22.8. The van der Waals surface area contributed by atoms with E-state index < -0.39 is 45.9 Å². The lowest BCUT2D eigenvalue weighted by atomic mass is 9.61. The smallest absolute Gasteiger partial charge is 0.340 e. The largest absolute Gasteiger partial charge is 0.465 e. The van der Waals surface area contributed by atoms with Gasteiger partial charge in [0.2, 0.25) is 5.88 Å². The fourth-order valence-corrected chi connectivity index (χ4v) is 5.89. The SMILES string of the molecule is CCOC(=O)C1=C(c2ccccc2)N(c2ccccc2)C(=O)C12C(C(=O)OC)=C(N)OC1=C2C(=O)CC(C)(C)C1. The molecule has 40 heavy (non-hydrogen) atoms. The van der Waals surface area contributed by atoms with Crippen LogP contribution >= 0.6 is 0 Å². The average Bonchev–Trinajstić information content (AvgIpc) is 3.17. The Labute approximate surface area is 231 Å². The summed E-state index contributed by atoms with van der Waals surface area (Å²) < 4.78 is 16.5. The van der Waals surface area contributed by atoms with Crippen LogP contribution in [0, 0.1) is 10.8 Å². The molecule has 0 fully saturated rings. The molecule has 3 aliphatic rings. The number of ketones is 1. The molecule has 1 aliphatic carbocycles. The highest BCUT2D eigenvalue weighted by Gasteiger charge is 2.68. The highest BCUT2D eigenvalue weighted by Crippen LogP contribution is 2.60. The Morgan fingerprint density at radius 1 is 0.950 bits per heavy atom.